The van der Waals surface area contributed by atoms with E-state index in [2.05, 4.69) is 316 Å². The second-order valence-corrected chi connectivity index (χ2v) is 35.5. The van der Waals surface area contributed by atoms with Gasteiger partial charge in [-0.3, -0.25) is 0 Å². The second kappa shape index (κ2) is 24.8. The molecule has 0 saturated carbocycles. The van der Waals surface area contributed by atoms with Crippen LogP contribution in [-0.4, -0.2) is 23.0 Å². The summed E-state index contributed by atoms with van der Waals surface area (Å²) in [5.41, 5.74) is 24.7. The molecule has 0 aliphatic carbocycles. The lowest BCUT2D eigenvalue weighted by Crippen LogP contribution is -2.23. The molecule has 478 valence electrons. The normalized spacial score (nSPS) is 15.1. The molecule has 0 amide bonds. The third kappa shape index (κ3) is 11.0. The standard InChI is InChI=1S/C34H33O2P.C34H33OP.C23H20/c1-21-18-22(2)30(23(3)19-21)32-26-14-9-7-12-24(26)31(25-13-8-10-15-27(25)32)28-16-11-17-29-33(28)37(35,20-36-29)34(4,5)6;1-21-18-22(2)30(23(3)19-21)32-26-14-9-7-12-24(26)31(25-13-8-10-15-27(25)32)28-16-11-17-29-33(28)36(20-35-29)34(4,5)6;1-15-12-16(2)22(17(3)13-15)23-20-10-6-4-8-18(20)14-19-9-5-7-11-21(19)23/h7-19H,20H2,1-6H3;7-19H,20H2,1-6H3;4-14H,1-3H3/t37-;36-;/m10./s1. The topological polar surface area (TPSA) is 35.5 Å². The van der Waals surface area contributed by atoms with Gasteiger partial charge in [-0.05, 0) is 247 Å². The summed E-state index contributed by atoms with van der Waals surface area (Å²) in [7, 11) is -3.26. The van der Waals surface area contributed by atoms with Crippen LogP contribution in [0.2, 0.25) is 0 Å². The molecule has 0 bridgehead atoms. The van der Waals surface area contributed by atoms with Gasteiger partial charge in [0.1, 0.15) is 24.2 Å². The predicted molar refractivity (Wildman–Crippen MR) is 418 cm³/mol. The summed E-state index contributed by atoms with van der Waals surface area (Å²) in [6.07, 6.45) is 1.07. The van der Waals surface area contributed by atoms with Crippen molar-refractivity contribution in [3.05, 3.63) is 275 Å². The minimum atomic E-state index is -2.82. The van der Waals surface area contributed by atoms with Crippen LogP contribution in [0.25, 0.3) is 120 Å². The van der Waals surface area contributed by atoms with Crippen LogP contribution in [0.15, 0.2) is 224 Å². The van der Waals surface area contributed by atoms with Crippen molar-refractivity contribution in [1.82, 2.24) is 0 Å². The lowest BCUT2D eigenvalue weighted by molar-refractivity contribution is 0.389. The fraction of sp³-hybridized carbons (Fsp3) is 0.209. The minimum Gasteiger partial charge on any atom is -0.488 e. The van der Waals surface area contributed by atoms with E-state index in [4.69, 9.17) is 9.47 Å². The number of hydrogen-bond donors (Lipinski definition) is 0. The molecule has 0 unspecified atom stereocenters. The van der Waals surface area contributed by atoms with E-state index in [0.717, 1.165) is 34.3 Å². The molecule has 2 atom stereocenters. The molecule has 96 heavy (non-hydrogen) atoms. The zero-order chi connectivity index (χ0) is 67.3. The average molecular weight is 1290 g/mol. The highest BCUT2D eigenvalue weighted by atomic mass is 31.2. The second-order valence-electron chi connectivity index (χ2n) is 29.1. The maximum atomic E-state index is 14.6. The van der Waals surface area contributed by atoms with Gasteiger partial charge in [-0.15, -0.1) is 0 Å². The molecule has 2 aliphatic heterocycles. The summed E-state index contributed by atoms with van der Waals surface area (Å²) >= 11 is 0. The Hall–Kier alpha value is -9.10. The summed E-state index contributed by atoms with van der Waals surface area (Å²) in [5.74, 6) is 1.83. The summed E-state index contributed by atoms with van der Waals surface area (Å²) in [5, 5.41) is 17.4. The fourth-order valence-electron chi connectivity index (χ4n) is 16.2. The van der Waals surface area contributed by atoms with Gasteiger partial charge in [0, 0.05) is 10.5 Å². The van der Waals surface area contributed by atoms with Crippen molar-refractivity contribution in [3.63, 3.8) is 0 Å². The smallest absolute Gasteiger partial charge is 0.160 e. The van der Waals surface area contributed by atoms with Crippen molar-refractivity contribution in [2.45, 2.75) is 114 Å². The summed E-state index contributed by atoms with van der Waals surface area (Å²) < 4.78 is 27.0. The van der Waals surface area contributed by atoms with Crippen LogP contribution in [0.1, 0.15) is 91.6 Å². The van der Waals surface area contributed by atoms with E-state index in [-0.39, 0.29) is 11.5 Å². The summed E-state index contributed by atoms with van der Waals surface area (Å²) in [4.78, 5) is 0. The monoisotopic (exact) mass is 1290 g/mol. The molecule has 2 heterocycles. The van der Waals surface area contributed by atoms with Gasteiger partial charge in [-0.1, -0.05) is 264 Å². The Bertz CT molecular complexity index is 5300. The molecular weight excluding hydrogens is 1200 g/mol. The number of rotatable bonds is 5. The van der Waals surface area contributed by atoms with Gasteiger partial charge in [-0.25, -0.2) is 0 Å². The van der Waals surface area contributed by atoms with Crippen molar-refractivity contribution in [2.24, 2.45) is 0 Å². The first-order valence-electron chi connectivity index (χ1n) is 33.9. The first-order valence-corrected chi connectivity index (χ1v) is 37.4. The third-order valence-electron chi connectivity index (χ3n) is 20.2. The largest absolute Gasteiger partial charge is 0.488 e. The van der Waals surface area contributed by atoms with Crippen LogP contribution < -0.4 is 20.1 Å². The SMILES string of the molecule is Cc1cc(C)c(-c2c3ccccc3c(-c3cccc4c3[P@@](=O)(C(C)(C)C)CO4)c3ccccc23)c(C)c1.Cc1cc(C)c(-c2c3ccccc3c(-c3cccc4c3[P@@](C(C)(C)C)CO4)c3ccccc23)c(C)c1.Cc1cc(C)c(-c2c3ccccc3cc3ccccc23)c(C)c1. The van der Waals surface area contributed by atoms with E-state index in [1.165, 1.54) is 165 Å². The number of hydrogen-bond acceptors (Lipinski definition) is 3. The van der Waals surface area contributed by atoms with Gasteiger partial charge >= 0.3 is 0 Å². The quantitative estimate of drug-likeness (QED) is 0.127. The Labute approximate surface area is 569 Å². The van der Waals surface area contributed by atoms with Crippen LogP contribution in [0, 0.1) is 62.3 Å². The van der Waals surface area contributed by atoms with E-state index in [1.54, 1.807) is 0 Å². The van der Waals surface area contributed by atoms with E-state index < -0.39 is 20.2 Å². The number of fused-ring (bicyclic) bond motifs is 8. The molecule has 3 nitrogen and oxygen atoms in total. The van der Waals surface area contributed by atoms with Gasteiger partial charge in [0.2, 0.25) is 0 Å². The van der Waals surface area contributed by atoms with Crippen molar-refractivity contribution in [3.8, 4) is 67.1 Å². The average Bonchev–Trinajstić information content (AvgIpc) is 1.47. The van der Waals surface area contributed by atoms with E-state index >= 15 is 0 Å². The lowest BCUT2D eigenvalue weighted by atomic mass is 9.83. The molecule has 14 aromatic carbocycles. The van der Waals surface area contributed by atoms with Crippen molar-refractivity contribution < 1.29 is 14.0 Å². The maximum absolute atomic E-state index is 14.6. The van der Waals surface area contributed by atoms with Gasteiger partial charge in [-0.2, -0.15) is 0 Å². The third-order valence-corrected chi connectivity index (χ3v) is 27.1. The molecule has 16 rings (SSSR count). The van der Waals surface area contributed by atoms with Crippen molar-refractivity contribution in [2.75, 3.05) is 12.7 Å². The molecule has 0 spiro atoms. The predicted octanol–water partition coefficient (Wildman–Crippen LogP) is 25.5. The van der Waals surface area contributed by atoms with E-state index in [9.17, 15) is 4.57 Å². The Balaban J connectivity index is 0.000000127. The first kappa shape index (κ1) is 64.3. The van der Waals surface area contributed by atoms with Gasteiger partial charge in [0.25, 0.3) is 0 Å². The van der Waals surface area contributed by atoms with Gasteiger partial charge < -0.3 is 14.0 Å². The molecule has 0 N–H and O–H groups in total. The number of ether oxygens (including phenoxy) is 2. The molecule has 0 aromatic heterocycles. The van der Waals surface area contributed by atoms with Crippen LogP contribution >= 0.6 is 15.1 Å². The summed E-state index contributed by atoms with van der Waals surface area (Å²) in [6.45, 7) is 33.2. The fourth-order valence-corrected chi connectivity index (χ4v) is 21.1. The van der Waals surface area contributed by atoms with Gasteiger partial charge in [0.05, 0.1) is 5.30 Å². The molecular formula is C91H86O3P2. The molecule has 14 aromatic rings. The zero-order valence-electron chi connectivity index (χ0n) is 58.4. The summed E-state index contributed by atoms with van der Waals surface area (Å²) in [6, 6.07) is 81.7. The Kier molecular flexibility index (Phi) is 16.6. The number of benzene rings is 14. The zero-order valence-corrected chi connectivity index (χ0v) is 60.2. The van der Waals surface area contributed by atoms with Crippen LogP contribution in [0.3, 0.4) is 0 Å². The van der Waals surface area contributed by atoms with Gasteiger partial charge in [0.15, 0.2) is 7.14 Å². The molecule has 2 aliphatic rings. The molecule has 0 saturated heterocycles. The first-order chi connectivity index (χ1) is 46.0. The Morgan fingerprint density at radius 1 is 0.323 bits per heavy atom. The van der Waals surface area contributed by atoms with Crippen molar-refractivity contribution >= 4 is 90.3 Å². The highest BCUT2D eigenvalue weighted by Crippen LogP contribution is 2.64. The lowest BCUT2D eigenvalue weighted by Gasteiger charge is -2.28. The van der Waals surface area contributed by atoms with Crippen LogP contribution in [0.5, 0.6) is 11.5 Å². The highest BCUT2D eigenvalue weighted by Gasteiger charge is 2.47. The molecule has 5 heteroatoms. The van der Waals surface area contributed by atoms with E-state index in [0.29, 0.717) is 0 Å². The van der Waals surface area contributed by atoms with Crippen molar-refractivity contribution in [1.29, 1.82) is 0 Å². The van der Waals surface area contributed by atoms with Crippen LogP contribution in [0.4, 0.5) is 0 Å². The number of aryl methyl sites for hydroxylation is 9. The molecule has 0 radical (unpaired) electrons. The Morgan fingerprint density at radius 3 is 1.00 bits per heavy atom. The molecule has 0 fully saturated rings. The maximum Gasteiger partial charge on any atom is 0.160 e. The minimum absolute atomic E-state index is 0.179. The van der Waals surface area contributed by atoms with Crippen LogP contribution in [-0.2, 0) is 4.57 Å². The Morgan fingerprint density at radius 2 is 0.635 bits per heavy atom. The van der Waals surface area contributed by atoms with E-state index in [1.807, 2.05) is 12.1 Å². The highest BCUT2D eigenvalue weighted by molar-refractivity contribution is 7.73.